The molecule has 0 radical (unpaired) electrons. The van der Waals surface area contributed by atoms with Gasteiger partial charge in [-0.15, -0.1) is 11.3 Å². The van der Waals surface area contributed by atoms with E-state index in [0.29, 0.717) is 18.4 Å². The predicted molar refractivity (Wildman–Crippen MR) is 85.6 cm³/mol. The number of hydrogen-bond acceptors (Lipinski definition) is 5. The van der Waals surface area contributed by atoms with Gasteiger partial charge in [-0.1, -0.05) is 0 Å². The van der Waals surface area contributed by atoms with E-state index in [1.54, 1.807) is 23.5 Å². The summed E-state index contributed by atoms with van der Waals surface area (Å²) in [5.41, 5.74) is 1.09. The molecule has 1 aromatic carbocycles. The van der Waals surface area contributed by atoms with Gasteiger partial charge in [0, 0.05) is 37.6 Å². The van der Waals surface area contributed by atoms with E-state index in [-0.39, 0.29) is 5.82 Å². The lowest BCUT2D eigenvalue weighted by atomic mass is 10.2. The van der Waals surface area contributed by atoms with E-state index in [9.17, 15) is 4.39 Å². The summed E-state index contributed by atoms with van der Waals surface area (Å²) in [6.45, 7) is 6.67. The van der Waals surface area contributed by atoms with Crippen molar-refractivity contribution in [2.24, 2.45) is 0 Å². The molecule has 6 heteroatoms. The number of aromatic nitrogens is 1. The summed E-state index contributed by atoms with van der Waals surface area (Å²) >= 11 is 1.61. The minimum Gasteiger partial charge on any atom is -0.486 e. The fraction of sp³-hybridized carbons (Fsp3) is 0.438. The lowest BCUT2D eigenvalue weighted by Gasteiger charge is -2.33. The number of halogens is 1. The van der Waals surface area contributed by atoms with Crippen LogP contribution in [0.1, 0.15) is 17.6 Å². The highest BCUT2D eigenvalue weighted by Gasteiger charge is 2.18. The molecule has 0 saturated carbocycles. The van der Waals surface area contributed by atoms with Crippen LogP contribution in [0.5, 0.6) is 5.75 Å². The molecule has 2 heterocycles. The van der Waals surface area contributed by atoms with Crippen LogP contribution < -0.4 is 10.1 Å². The van der Waals surface area contributed by atoms with E-state index in [0.717, 1.165) is 36.9 Å². The van der Waals surface area contributed by atoms with E-state index in [2.05, 4.69) is 27.5 Å². The summed E-state index contributed by atoms with van der Waals surface area (Å²) in [5.74, 6) is 0.405. The van der Waals surface area contributed by atoms with Crippen LogP contribution in [-0.2, 0) is 13.2 Å². The Bertz CT molecular complexity index is 602. The molecule has 1 atom stereocenters. The SMILES string of the molecule is C[C@H]1CNCCN1Cc1csc(COc2ccc(F)cc2)n1. The number of thiazole rings is 1. The van der Waals surface area contributed by atoms with Crippen LogP contribution in [-0.4, -0.2) is 35.6 Å². The van der Waals surface area contributed by atoms with Crippen molar-refractivity contribution in [3.63, 3.8) is 0 Å². The Hall–Kier alpha value is -1.50. The first-order chi connectivity index (χ1) is 10.7. The minimum absolute atomic E-state index is 0.256. The normalized spacial score (nSPS) is 19.3. The van der Waals surface area contributed by atoms with Crippen molar-refractivity contribution < 1.29 is 9.13 Å². The molecule has 0 aliphatic carbocycles. The molecule has 4 nitrogen and oxygen atoms in total. The standard InChI is InChI=1S/C16H20FN3OS/c1-12-8-18-6-7-20(12)9-14-11-22-16(19-14)10-21-15-4-2-13(17)3-5-15/h2-5,11-12,18H,6-10H2,1H3/t12-/m0/s1. The van der Waals surface area contributed by atoms with Crippen LogP contribution in [0, 0.1) is 5.82 Å². The van der Waals surface area contributed by atoms with Gasteiger partial charge in [0.05, 0.1) is 5.69 Å². The average Bonchev–Trinajstić information content (AvgIpc) is 2.97. The van der Waals surface area contributed by atoms with Crippen molar-refractivity contribution in [2.45, 2.75) is 26.1 Å². The molecule has 1 aromatic heterocycles. The number of piperazine rings is 1. The number of ether oxygens (including phenoxy) is 1. The molecule has 1 N–H and O–H groups in total. The Morgan fingerprint density at radius 2 is 2.23 bits per heavy atom. The van der Waals surface area contributed by atoms with Crippen LogP contribution >= 0.6 is 11.3 Å². The maximum absolute atomic E-state index is 12.8. The van der Waals surface area contributed by atoms with Gasteiger partial charge >= 0.3 is 0 Å². The molecule has 1 fully saturated rings. The molecule has 22 heavy (non-hydrogen) atoms. The van der Waals surface area contributed by atoms with Gasteiger partial charge in [0.15, 0.2) is 0 Å². The number of nitrogens with one attached hydrogen (secondary N) is 1. The summed E-state index contributed by atoms with van der Waals surface area (Å²) in [7, 11) is 0. The molecule has 3 rings (SSSR count). The number of hydrogen-bond donors (Lipinski definition) is 1. The van der Waals surface area contributed by atoms with Crippen LogP contribution in [0.2, 0.25) is 0 Å². The first kappa shape index (κ1) is 15.4. The fourth-order valence-corrected chi connectivity index (χ4v) is 3.19. The summed E-state index contributed by atoms with van der Waals surface area (Å²) < 4.78 is 18.5. The fourth-order valence-electron chi connectivity index (χ4n) is 2.49. The zero-order chi connectivity index (χ0) is 15.4. The maximum atomic E-state index is 12.8. The van der Waals surface area contributed by atoms with Gasteiger partial charge < -0.3 is 10.1 Å². The van der Waals surface area contributed by atoms with Gasteiger partial charge in [-0.05, 0) is 31.2 Å². The molecule has 1 aliphatic rings. The summed E-state index contributed by atoms with van der Waals surface area (Å²) in [6, 6.07) is 6.59. The Morgan fingerprint density at radius 3 is 3.00 bits per heavy atom. The molecule has 118 valence electrons. The summed E-state index contributed by atoms with van der Waals surface area (Å²) in [4.78, 5) is 7.07. The van der Waals surface area contributed by atoms with Crippen molar-refractivity contribution in [2.75, 3.05) is 19.6 Å². The van der Waals surface area contributed by atoms with E-state index < -0.39 is 0 Å². The maximum Gasteiger partial charge on any atom is 0.140 e. The van der Waals surface area contributed by atoms with Gasteiger partial charge in [-0.3, -0.25) is 4.90 Å². The Labute approximate surface area is 133 Å². The number of benzene rings is 1. The average molecular weight is 321 g/mol. The van der Waals surface area contributed by atoms with Crippen LogP contribution in [0.25, 0.3) is 0 Å². The van der Waals surface area contributed by atoms with Crippen LogP contribution in [0.3, 0.4) is 0 Å². The number of nitrogens with zero attached hydrogens (tertiary/aromatic N) is 2. The van der Waals surface area contributed by atoms with Crippen molar-refractivity contribution in [3.8, 4) is 5.75 Å². The molecule has 0 bridgehead atoms. The molecule has 1 aliphatic heterocycles. The Morgan fingerprint density at radius 1 is 1.41 bits per heavy atom. The van der Waals surface area contributed by atoms with Crippen LogP contribution in [0.15, 0.2) is 29.6 Å². The smallest absolute Gasteiger partial charge is 0.140 e. The van der Waals surface area contributed by atoms with Crippen molar-refractivity contribution in [1.29, 1.82) is 0 Å². The van der Waals surface area contributed by atoms with Gasteiger partial charge in [0.25, 0.3) is 0 Å². The topological polar surface area (TPSA) is 37.4 Å². The molecule has 0 unspecified atom stereocenters. The van der Waals surface area contributed by atoms with E-state index in [1.807, 2.05) is 0 Å². The molecule has 0 spiro atoms. The third-order valence-corrected chi connectivity index (χ3v) is 4.65. The molecular weight excluding hydrogens is 301 g/mol. The largest absolute Gasteiger partial charge is 0.486 e. The van der Waals surface area contributed by atoms with Crippen molar-refractivity contribution >= 4 is 11.3 Å². The third-order valence-electron chi connectivity index (χ3n) is 3.78. The molecule has 2 aromatic rings. The first-order valence-corrected chi connectivity index (χ1v) is 8.35. The molecular formula is C16H20FN3OS. The highest BCUT2D eigenvalue weighted by Crippen LogP contribution is 2.17. The zero-order valence-corrected chi connectivity index (χ0v) is 13.4. The van der Waals surface area contributed by atoms with Crippen LogP contribution in [0.4, 0.5) is 4.39 Å². The Balaban J connectivity index is 1.53. The van der Waals surface area contributed by atoms with E-state index in [1.165, 1.54) is 12.1 Å². The quantitative estimate of drug-likeness (QED) is 0.919. The second-order valence-electron chi connectivity index (χ2n) is 5.50. The van der Waals surface area contributed by atoms with E-state index >= 15 is 0 Å². The zero-order valence-electron chi connectivity index (χ0n) is 12.6. The lowest BCUT2D eigenvalue weighted by Crippen LogP contribution is -2.49. The van der Waals surface area contributed by atoms with Crippen molar-refractivity contribution in [1.82, 2.24) is 15.2 Å². The van der Waals surface area contributed by atoms with Gasteiger partial charge in [0.1, 0.15) is 23.2 Å². The molecule has 1 saturated heterocycles. The first-order valence-electron chi connectivity index (χ1n) is 7.47. The highest BCUT2D eigenvalue weighted by molar-refractivity contribution is 7.09. The summed E-state index contributed by atoms with van der Waals surface area (Å²) in [5, 5.41) is 6.43. The lowest BCUT2D eigenvalue weighted by molar-refractivity contribution is 0.164. The summed E-state index contributed by atoms with van der Waals surface area (Å²) in [6.07, 6.45) is 0. The van der Waals surface area contributed by atoms with Gasteiger partial charge in [0.2, 0.25) is 0 Å². The second kappa shape index (κ2) is 7.17. The Kier molecular flexibility index (Phi) is 5.02. The van der Waals surface area contributed by atoms with Crippen molar-refractivity contribution in [3.05, 3.63) is 46.2 Å². The van der Waals surface area contributed by atoms with Gasteiger partial charge in [-0.2, -0.15) is 0 Å². The minimum atomic E-state index is -0.256. The second-order valence-corrected chi connectivity index (χ2v) is 6.44. The van der Waals surface area contributed by atoms with E-state index in [4.69, 9.17) is 4.74 Å². The predicted octanol–water partition coefficient (Wildman–Crippen LogP) is 2.65. The van der Waals surface area contributed by atoms with Gasteiger partial charge in [-0.25, -0.2) is 9.37 Å². The highest BCUT2D eigenvalue weighted by atomic mass is 32.1. The number of rotatable bonds is 5. The monoisotopic (exact) mass is 321 g/mol. The molecule has 0 amide bonds. The third kappa shape index (κ3) is 4.03.